The van der Waals surface area contributed by atoms with Crippen LogP contribution in [0.15, 0.2) is 24.3 Å². The highest BCUT2D eigenvalue weighted by molar-refractivity contribution is 5.81. The van der Waals surface area contributed by atoms with Crippen molar-refractivity contribution < 1.29 is 14.7 Å². The van der Waals surface area contributed by atoms with Crippen molar-refractivity contribution in [2.24, 2.45) is 5.92 Å². The number of nitrogens with one attached hydrogen (secondary N) is 1. The quantitative estimate of drug-likeness (QED) is 0.844. The maximum absolute atomic E-state index is 12.0. The number of hydrogen-bond acceptors (Lipinski definition) is 2. The first kappa shape index (κ1) is 12.6. The molecule has 2 N–H and O–H groups in total. The van der Waals surface area contributed by atoms with Crippen LogP contribution in [0.3, 0.4) is 0 Å². The molecule has 1 aromatic rings. The fraction of sp³-hybridized carbons (Fsp3) is 0.429. The van der Waals surface area contributed by atoms with Gasteiger partial charge in [0.15, 0.2) is 0 Å². The normalized spacial score (nSPS) is 16.1. The van der Waals surface area contributed by atoms with Gasteiger partial charge in [-0.25, -0.2) is 0 Å². The molecule has 0 saturated carbocycles. The van der Waals surface area contributed by atoms with Gasteiger partial charge in [0, 0.05) is 12.0 Å². The van der Waals surface area contributed by atoms with Gasteiger partial charge in [-0.3, -0.25) is 9.59 Å². The molecular formula is C14H17NO3. The Morgan fingerprint density at radius 3 is 2.39 bits per heavy atom. The average molecular weight is 247 g/mol. The van der Waals surface area contributed by atoms with Gasteiger partial charge in [0.2, 0.25) is 5.91 Å². The summed E-state index contributed by atoms with van der Waals surface area (Å²) >= 11 is 0. The zero-order chi connectivity index (χ0) is 13.1. The minimum absolute atomic E-state index is 0.0363. The molecule has 4 heteroatoms. The van der Waals surface area contributed by atoms with Crippen molar-refractivity contribution in [1.29, 1.82) is 0 Å². The first-order valence-electron chi connectivity index (χ1n) is 6.15. The third-order valence-electron chi connectivity index (χ3n) is 3.29. The molecule has 0 radical (unpaired) electrons. The summed E-state index contributed by atoms with van der Waals surface area (Å²) in [7, 11) is 0. The number of hydrogen-bond donors (Lipinski definition) is 2. The lowest BCUT2D eigenvalue weighted by atomic mass is 10.0. The summed E-state index contributed by atoms with van der Waals surface area (Å²) in [6.07, 6.45) is 1.47. The van der Waals surface area contributed by atoms with E-state index in [0.717, 1.165) is 12.8 Å². The van der Waals surface area contributed by atoms with E-state index in [1.54, 1.807) is 6.92 Å². The topological polar surface area (TPSA) is 66.4 Å². The molecular weight excluding hydrogens is 230 g/mol. The van der Waals surface area contributed by atoms with Crippen LogP contribution in [0, 0.1) is 5.92 Å². The van der Waals surface area contributed by atoms with Gasteiger partial charge in [0.25, 0.3) is 0 Å². The Kier molecular flexibility index (Phi) is 3.65. The molecule has 1 aliphatic carbocycles. The predicted molar refractivity (Wildman–Crippen MR) is 67.2 cm³/mol. The van der Waals surface area contributed by atoms with Crippen LogP contribution < -0.4 is 5.32 Å². The van der Waals surface area contributed by atoms with E-state index < -0.39 is 5.97 Å². The third-order valence-corrected chi connectivity index (χ3v) is 3.29. The van der Waals surface area contributed by atoms with Crippen molar-refractivity contribution in [2.45, 2.75) is 32.2 Å². The molecule has 1 amide bonds. The van der Waals surface area contributed by atoms with Crippen LogP contribution in [-0.2, 0) is 22.4 Å². The summed E-state index contributed by atoms with van der Waals surface area (Å²) in [5.41, 5.74) is 2.45. The van der Waals surface area contributed by atoms with E-state index in [9.17, 15) is 9.59 Å². The van der Waals surface area contributed by atoms with Crippen molar-refractivity contribution in [3.05, 3.63) is 35.4 Å². The summed E-state index contributed by atoms with van der Waals surface area (Å²) < 4.78 is 0. The molecule has 0 aliphatic heterocycles. The number of amides is 1. The van der Waals surface area contributed by atoms with Crippen molar-refractivity contribution in [1.82, 2.24) is 5.32 Å². The number of carboxylic acid groups (broad SMARTS) is 1. The van der Waals surface area contributed by atoms with Crippen molar-refractivity contribution in [3.63, 3.8) is 0 Å². The van der Waals surface area contributed by atoms with Crippen molar-refractivity contribution >= 4 is 11.9 Å². The lowest BCUT2D eigenvalue weighted by Crippen LogP contribution is -2.38. The molecule has 1 aliphatic rings. The molecule has 1 aromatic carbocycles. The number of aliphatic carboxylic acids is 1. The maximum atomic E-state index is 12.0. The molecule has 0 fully saturated rings. The van der Waals surface area contributed by atoms with Crippen molar-refractivity contribution in [3.8, 4) is 0 Å². The molecule has 0 heterocycles. The average Bonchev–Trinajstić information content (AvgIpc) is 2.71. The summed E-state index contributed by atoms with van der Waals surface area (Å²) in [4.78, 5) is 22.5. The Morgan fingerprint density at radius 2 is 1.89 bits per heavy atom. The SMILES string of the molecule is C[C@@H](CC(=O)O)NC(=O)C1Cc2ccccc2C1. The minimum Gasteiger partial charge on any atom is -0.481 e. The number of benzene rings is 1. The summed E-state index contributed by atoms with van der Waals surface area (Å²) in [5, 5.41) is 11.4. The molecule has 0 bridgehead atoms. The molecule has 0 saturated heterocycles. The zero-order valence-electron chi connectivity index (χ0n) is 10.3. The van der Waals surface area contributed by atoms with E-state index in [1.807, 2.05) is 24.3 Å². The van der Waals surface area contributed by atoms with Crippen LogP contribution in [0.4, 0.5) is 0 Å². The highest BCUT2D eigenvalue weighted by Gasteiger charge is 2.27. The lowest BCUT2D eigenvalue weighted by Gasteiger charge is -2.15. The van der Waals surface area contributed by atoms with E-state index in [-0.39, 0.29) is 24.3 Å². The fourth-order valence-electron chi connectivity index (χ4n) is 2.42. The number of carbonyl (C=O) groups excluding carboxylic acids is 1. The van der Waals surface area contributed by atoms with E-state index >= 15 is 0 Å². The number of fused-ring (bicyclic) bond motifs is 1. The van der Waals surface area contributed by atoms with Crippen molar-refractivity contribution in [2.75, 3.05) is 0 Å². The maximum Gasteiger partial charge on any atom is 0.305 e. The number of carbonyl (C=O) groups is 2. The number of rotatable bonds is 4. The second-order valence-electron chi connectivity index (χ2n) is 4.88. The molecule has 0 aromatic heterocycles. The van der Waals surface area contributed by atoms with Gasteiger partial charge >= 0.3 is 5.97 Å². The van der Waals surface area contributed by atoms with E-state index in [1.165, 1.54) is 11.1 Å². The highest BCUT2D eigenvalue weighted by Crippen LogP contribution is 2.26. The molecule has 18 heavy (non-hydrogen) atoms. The van der Waals surface area contributed by atoms with E-state index in [0.29, 0.717) is 0 Å². The molecule has 96 valence electrons. The van der Waals surface area contributed by atoms with Gasteiger partial charge in [0.05, 0.1) is 6.42 Å². The summed E-state index contributed by atoms with van der Waals surface area (Å²) in [6, 6.07) is 7.73. The molecule has 0 unspecified atom stereocenters. The summed E-state index contributed by atoms with van der Waals surface area (Å²) in [5.74, 6) is -0.990. The van der Waals surface area contributed by atoms with Crippen LogP contribution in [0.5, 0.6) is 0 Å². The first-order valence-corrected chi connectivity index (χ1v) is 6.15. The van der Waals surface area contributed by atoms with Crippen LogP contribution in [-0.4, -0.2) is 23.0 Å². The van der Waals surface area contributed by atoms with Crippen LogP contribution in [0.1, 0.15) is 24.5 Å². The zero-order valence-corrected chi connectivity index (χ0v) is 10.3. The van der Waals surface area contributed by atoms with Gasteiger partial charge in [-0.1, -0.05) is 24.3 Å². The smallest absolute Gasteiger partial charge is 0.305 e. The second-order valence-corrected chi connectivity index (χ2v) is 4.88. The second kappa shape index (κ2) is 5.21. The standard InChI is InChI=1S/C14H17NO3/c1-9(6-13(16)17)15-14(18)12-7-10-4-2-3-5-11(10)8-12/h2-5,9,12H,6-8H2,1H3,(H,15,18)(H,16,17)/t9-/m0/s1. The predicted octanol–water partition coefficient (Wildman–Crippen LogP) is 1.38. The van der Waals surface area contributed by atoms with E-state index in [4.69, 9.17) is 5.11 Å². The lowest BCUT2D eigenvalue weighted by molar-refractivity contribution is -0.137. The van der Waals surface area contributed by atoms with Crippen LogP contribution in [0.2, 0.25) is 0 Å². The van der Waals surface area contributed by atoms with Gasteiger partial charge in [-0.2, -0.15) is 0 Å². The first-order chi connectivity index (χ1) is 8.56. The Bertz CT molecular complexity index is 445. The van der Waals surface area contributed by atoms with Gasteiger partial charge in [0.1, 0.15) is 0 Å². The monoisotopic (exact) mass is 247 g/mol. The minimum atomic E-state index is -0.891. The third kappa shape index (κ3) is 2.88. The van der Waals surface area contributed by atoms with Gasteiger partial charge in [-0.05, 0) is 30.9 Å². The Balaban J connectivity index is 1.91. The Hall–Kier alpha value is -1.84. The highest BCUT2D eigenvalue weighted by atomic mass is 16.4. The van der Waals surface area contributed by atoms with Gasteiger partial charge in [-0.15, -0.1) is 0 Å². The largest absolute Gasteiger partial charge is 0.481 e. The van der Waals surface area contributed by atoms with Crippen LogP contribution >= 0.6 is 0 Å². The Morgan fingerprint density at radius 1 is 1.33 bits per heavy atom. The summed E-state index contributed by atoms with van der Waals surface area (Å²) in [6.45, 7) is 1.72. The Labute approximate surface area is 106 Å². The van der Waals surface area contributed by atoms with Gasteiger partial charge < -0.3 is 10.4 Å². The molecule has 0 spiro atoms. The number of carboxylic acids is 1. The molecule has 1 atom stereocenters. The van der Waals surface area contributed by atoms with E-state index in [2.05, 4.69) is 5.32 Å². The molecule has 2 rings (SSSR count). The van der Waals surface area contributed by atoms with Crippen LogP contribution in [0.25, 0.3) is 0 Å². The molecule has 4 nitrogen and oxygen atoms in total. The fourth-order valence-corrected chi connectivity index (χ4v) is 2.42.